The second-order valence-electron chi connectivity index (χ2n) is 11.8. The SMILES string of the molecule is c1ccc(-c2cc(-c3cc(-c4ccc5ccccc5c4)cc(-c4cccc5c4oc4ccccc45)c3)nc(-c3ccccc3)n2)cc1. The van der Waals surface area contributed by atoms with Gasteiger partial charge in [-0.2, -0.15) is 0 Å². The number of hydrogen-bond acceptors (Lipinski definition) is 3. The highest BCUT2D eigenvalue weighted by Crippen LogP contribution is 2.40. The van der Waals surface area contributed by atoms with Gasteiger partial charge in [0.2, 0.25) is 0 Å². The summed E-state index contributed by atoms with van der Waals surface area (Å²) in [5.41, 5.74) is 10.9. The molecule has 2 aromatic heterocycles. The lowest BCUT2D eigenvalue weighted by Crippen LogP contribution is -1.96. The van der Waals surface area contributed by atoms with Crippen LogP contribution >= 0.6 is 0 Å². The molecule has 9 aromatic rings. The molecule has 0 aliphatic heterocycles. The molecule has 0 aliphatic rings. The predicted octanol–water partition coefficient (Wildman–Crippen LogP) is 11.9. The number of aromatic nitrogens is 2. The number of benzene rings is 7. The second-order valence-corrected chi connectivity index (χ2v) is 11.8. The highest BCUT2D eigenvalue weighted by atomic mass is 16.3. The van der Waals surface area contributed by atoms with E-state index in [-0.39, 0.29) is 0 Å². The van der Waals surface area contributed by atoms with Gasteiger partial charge in [-0.05, 0) is 63.9 Å². The van der Waals surface area contributed by atoms with Crippen LogP contribution in [0.15, 0.2) is 174 Å². The Kier molecular flexibility index (Phi) is 6.46. The van der Waals surface area contributed by atoms with Gasteiger partial charge in [0.15, 0.2) is 5.82 Å². The molecule has 7 aromatic carbocycles. The van der Waals surface area contributed by atoms with Gasteiger partial charge in [-0.3, -0.25) is 0 Å². The molecule has 0 saturated carbocycles. The molecule has 0 amide bonds. The molecule has 0 radical (unpaired) electrons. The molecular weight excluding hydrogens is 572 g/mol. The molecule has 3 heteroatoms. The Balaban J connectivity index is 1.31. The minimum absolute atomic E-state index is 0.694. The lowest BCUT2D eigenvalue weighted by Gasteiger charge is -2.14. The zero-order valence-electron chi connectivity index (χ0n) is 25.5. The monoisotopic (exact) mass is 600 g/mol. The summed E-state index contributed by atoms with van der Waals surface area (Å²) in [5, 5.41) is 4.65. The van der Waals surface area contributed by atoms with E-state index >= 15 is 0 Å². The third-order valence-corrected chi connectivity index (χ3v) is 8.85. The number of nitrogens with zero attached hydrogens (tertiary/aromatic N) is 2. The summed E-state index contributed by atoms with van der Waals surface area (Å²) in [5.74, 6) is 0.694. The van der Waals surface area contributed by atoms with Crippen molar-refractivity contribution in [1.82, 2.24) is 9.97 Å². The maximum Gasteiger partial charge on any atom is 0.160 e. The van der Waals surface area contributed by atoms with Crippen molar-refractivity contribution in [2.75, 3.05) is 0 Å². The molecule has 47 heavy (non-hydrogen) atoms. The molecule has 0 aliphatic carbocycles. The Morgan fingerprint density at radius 3 is 1.83 bits per heavy atom. The fourth-order valence-corrected chi connectivity index (χ4v) is 6.51. The number of para-hydroxylation sites is 2. The van der Waals surface area contributed by atoms with Gasteiger partial charge in [0.1, 0.15) is 11.2 Å². The molecule has 2 heterocycles. The van der Waals surface area contributed by atoms with Gasteiger partial charge in [-0.15, -0.1) is 0 Å². The molecular formula is C44H28N2O. The van der Waals surface area contributed by atoms with Crippen molar-refractivity contribution >= 4 is 32.7 Å². The van der Waals surface area contributed by atoms with E-state index in [1.807, 2.05) is 48.5 Å². The van der Waals surface area contributed by atoms with Crippen molar-refractivity contribution in [2.45, 2.75) is 0 Å². The van der Waals surface area contributed by atoms with Crippen LogP contribution in [0.4, 0.5) is 0 Å². The van der Waals surface area contributed by atoms with E-state index in [4.69, 9.17) is 14.4 Å². The molecule has 0 fully saturated rings. The number of hydrogen-bond donors (Lipinski definition) is 0. The molecule has 220 valence electrons. The molecule has 0 N–H and O–H groups in total. The van der Waals surface area contributed by atoms with E-state index < -0.39 is 0 Å². The highest BCUT2D eigenvalue weighted by Gasteiger charge is 2.17. The molecule has 0 unspecified atom stereocenters. The summed E-state index contributed by atoms with van der Waals surface area (Å²) in [6.45, 7) is 0. The minimum Gasteiger partial charge on any atom is -0.455 e. The Morgan fingerprint density at radius 2 is 1.00 bits per heavy atom. The quantitative estimate of drug-likeness (QED) is 0.197. The van der Waals surface area contributed by atoms with E-state index in [1.54, 1.807) is 0 Å². The number of fused-ring (bicyclic) bond motifs is 4. The van der Waals surface area contributed by atoms with E-state index in [0.717, 1.165) is 72.3 Å². The molecule has 0 saturated heterocycles. The fourth-order valence-electron chi connectivity index (χ4n) is 6.51. The summed E-state index contributed by atoms with van der Waals surface area (Å²) in [6, 6.07) is 59.2. The van der Waals surface area contributed by atoms with Crippen LogP contribution in [0.2, 0.25) is 0 Å². The van der Waals surface area contributed by atoms with Gasteiger partial charge in [0.25, 0.3) is 0 Å². The zero-order valence-corrected chi connectivity index (χ0v) is 25.5. The van der Waals surface area contributed by atoms with E-state index in [1.165, 1.54) is 10.8 Å². The van der Waals surface area contributed by atoms with Crippen molar-refractivity contribution in [2.24, 2.45) is 0 Å². The Labute approximate surface area is 272 Å². The van der Waals surface area contributed by atoms with Gasteiger partial charge in [0.05, 0.1) is 11.4 Å². The summed E-state index contributed by atoms with van der Waals surface area (Å²) in [4.78, 5) is 10.2. The van der Waals surface area contributed by atoms with Crippen LogP contribution in [0, 0.1) is 0 Å². The van der Waals surface area contributed by atoms with Crippen LogP contribution in [0.5, 0.6) is 0 Å². The maximum atomic E-state index is 6.52. The first-order valence-corrected chi connectivity index (χ1v) is 15.8. The first-order valence-electron chi connectivity index (χ1n) is 15.8. The van der Waals surface area contributed by atoms with Crippen molar-refractivity contribution < 1.29 is 4.42 Å². The van der Waals surface area contributed by atoms with Crippen molar-refractivity contribution in [3.05, 3.63) is 170 Å². The summed E-state index contributed by atoms with van der Waals surface area (Å²) >= 11 is 0. The zero-order chi connectivity index (χ0) is 31.2. The molecule has 0 atom stereocenters. The van der Waals surface area contributed by atoms with Crippen LogP contribution in [-0.4, -0.2) is 9.97 Å². The van der Waals surface area contributed by atoms with Crippen molar-refractivity contribution in [3.8, 4) is 56.2 Å². The third-order valence-electron chi connectivity index (χ3n) is 8.85. The fraction of sp³-hybridized carbons (Fsp3) is 0. The smallest absolute Gasteiger partial charge is 0.160 e. The maximum absolute atomic E-state index is 6.52. The molecule has 0 spiro atoms. The van der Waals surface area contributed by atoms with Crippen molar-refractivity contribution in [1.29, 1.82) is 0 Å². The number of furan rings is 1. The summed E-state index contributed by atoms with van der Waals surface area (Å²) in [7, 11) is 0. The van der Waals surface area contributed by atoms with E-state index in [0.29, 0.717) is 5.82 Å². The van der Waals surface area contributed by atoms with Crippen LogP contribution in [-0.2, 0) is 0 Å². The number of rotatable bonds is 5. The normalized spacial score (nSPS) is 11.4. The highest BCUT2D eigenvalue weighted by molar-refractivity contribution is 6.10. The summed E-state index contributed by atoms with van der Waals surface area (Å²) < 4.78 is 6.52. The van der Waals surface area contributed by atoms with E-state index in [2.05, 4.69) is 121 Å². The Hall–Kier alpha value is -6.32. The largest absolute Gasteiger partial charge is 0.455 e. The minimum atomic E-state index is 0.694. The molecule has 0 bridgehead atoms. The van der Waals surface area contributed by atoms with Crippen LogP contribution in [0.25, 0.3) is 88.9 Å². The van der Waals surface area contributed by atoms with Gasteiger partial charge in [-0.25, -0.2) is 9.97 Å². The van der Waals surface area contributed by atoms with Gasteiger partial charge < -0.3 is 4.42 Å². The van der Waals surface area contributed by atoms with Crippen LogP contribution in [0.1, 0.15) is 0 Å². The van der Waals surface area contributed by atoms with Gasteiger partial charge in [-0.1, -0.05) is 133 Å². The first kappa shape index (κ1) is 27.0. The third kappa shape index (κ3) is 4.95. The second kappa shape index (κ2) is 11.2. The van der Waals surface area contributed by atoms with Gasteiger partial charge in [0, 0.05) is 33.0 Å². The average Bonchev–Trinajstić information content (AvgIpc) is 3.54. The Bertz CT molecular complexity index is 2510. The lowest BCUT2D eigenvalue weighted by atomic mass is 9.93. The van der Waals surface area contributed by atoms with Crippen LogP contribution in [0.3, 0.4) is 0 Å². The van der Waals surface area contributed by atoms with E-state index in [9.17, 15) is 0 Å². The average molecular weight is 601 g/mol. The predicted molar refractivity (Wildman–Crippen MR) is 194 cm³/mol. The standard InChI is InChI=1S/C44H28N2O/c1-3-13-30(14-4-1)40-28-41(46-44(45-40)31-15-5-2-6-16-31)36-26-34(33-23-22-29-12-7-8-17-32(29)24-33)25-35(27-36)37-19-11-20-39-38-18-9-10-21-42(38)47-43(37)39/h1-28H. The first-order chi connectivity index (χ1) is 23.3. The lowest BCUT2D eigenvalue weighted by molar-refractivity contribution is 0.670. The van der Waals surface area contributed by atoms with Gasteiger partial charge >= 0.3 is 0 Å². The van der Waals surface area contributed by atoms with Crippen molar-refractivity contribution in [3.63, 3.8) is 0 Å². The Morgan fingerprint density at radius 1 is 0.362 bits per heavy atom. The molecule has 9 rings (SSSR count). The topological polar surface area (TPSA) is 38.9 Å². The van der Waals surface area contributed by atoms with Crippen LogP contribution < -0.4 is 0 Å². The summed E-state index contributed by atoms with van der Waals surface area (Å²) in [6.07, 6.45) is 0. The molecule has 3 nitrogen and oxygen atoms in total.